The molecule has 3 atom stereocenters. The van der Waals surface area contributed by atoms with Crippen molar-refractivity contribution in [2.75, 3.05) is 7.05 Å². The fraction of sp³-hybridized carbons (Fsp3) is 0.647. The summed E-state index contributed by atoms with van der Waals surface area (Å²) in [5.74, 6) is 1.73. The predicted octanol–water partition coefficient (Wildman–Crippen LogP) is 4.34. The number of nitrogens with one attached hydrogen (secondary N) is 1. The van der Waals surface area contributed by atoms with E-state index in [1.165, 1.54) is 43.2 Å². The first-order valence-electron chi connectivity index (χ1n) is 7.50. The van der Waals surface area contributed by atoms with Crippen LogP contribution in [-0.4, -0.2) is 7.05 Å². The summed E-state index contributed by atoms with van der Waals surface area (Å²) in [6, 6.07) is 9.82. The smallest absolute Gasteiger partial charge is 0.0346 e. The maximum atomic E-state index is 3.53. The summed E-state index contributed by atoms with van der Waals surface area (Å²) in [5, 5.41) is 3.53. The van der Waals surface area contributed by atoms with Gasteiger partial charge in [-0.25, -0.2) is 0 Å². The highest BCUT2D eigenvalue weighted by Gasteiger charge is 2.28. The van der Waals surface area contributed by atoms with Gasteiger partial charge in [-0.2, -0.15) is 0 Å². The Kier molecular flexibility index (Phi) is 4.82. The first-order chi connectivity index (χ1) is 8.74. The van der Waals surface area contributed by atoms with Crippen LogP contribution in [-0.2, 0) is 6.42 Å². The molecule has 1 heteroatoms. The van der Waals surface area contributed by atoms with Gasteiger partial charge in [-0.3, -0.25) is 0 Å². The van der Waals surface area contributed by atoms with E-state index in [1.807, 2.05) is 0 Å². The number of aryl methyl sites for hydroxylation is 1. The van der Waals surface area contributed by atoms with Crippen molar-refractivity contribution in [1.29, 1.82) is 0 Å². The van der Waals surface area contributed by atoms with Crippen LogP contribution in [0.4, 0.5) is 0 Å². The molecular weight excluding hydrogens is 218 g/mol. The van der Waals surface area contributed by atoms with E-state index in [9.17, 15) is 0 Å². The van der Waals surface area contributed by atoms with Gasteiger partial charge in [-0.05, 0) is 49.3 Å². The lowest BCUT2D eigenvalue weighted by Gasteiger charge is -2.24. The Morgan fingerprint density at radius 3 is 2.44 bits per heavy atom. The van der Waals surface area contributed by atoms with E-state index < -0.39 is 0 Å². The number of hydrogen-bond acceptors (Lipinski definition) is 1. The summed E-state index contributed by atoms with van der Waals surface area (Å²) in [6.07, 6.45) is 6.59. The summed E-state index contributed by atoms with van der Waals surface area (Å²) < 4.78 is 0. The average Bonchev–Trinajstić information content (AvgIpc) is 2.79. The SMILES string of the molecule is CCCc1ccc(C(NC)C2CCC(C)C2)cc1. The zero-order valence-electron chi connectivity index (χ0n) is 12.1. The molecule has 1 aromatic carbocycles. The van der Waals surface area contributed by atoms with E-state index >= 15 is 0 Å². The summed E-state index contributed by atoms with van der Waals surface area (Å²) >= 11 is 0. The quantitative estimate of drug-likeness (QED) is 0.814. The van der Waals surface area contributed by atoms with E-state index in [2.05, 4.69) is 50.5 Å². The summed E-state index contributed by atoms with van der Waals surface area (Å²) in [7, 11) is 2.10. The first-order valence-corrected chi connectivity index (χ1v) is 7.50. The van der Waals surface area contributed by atoms with Crippen LogP contribution < -0.4 is 5.32 Å². The molecule has 0 aromatic heterocycles. The van der Waals surface area contributed by atoms with Gasteiger partial charge in [-0.15, -0.1) is 0 Å². The minimum atomic E-state index is 0.547. The maximum absolute atomic E-state index is 3.53. The molecule has 1 saturated carbocycles. The molecule has 0 saturated heterocycles. The normalized spacial score (nSPS) is 25.3. The van der Waals surface area contributed by atoms with Gasteiger partial charge in [-0.1, -0.05) is 51.0 Å². The minimum absolute atomic E-state index is 0.547. The summed E-state index contributed by atoms with van der Waals surface area (Å²) in [6.45, 7) is 4.63. The van der Waals surface area contributed by atoms with E-state index in [1.54, 1.807) is 0 Å². The molecule has 1 aliphatic rings. The van der Waals surface area contributed by atoms with E-state index in [-0.39, 0.29) is 0 Å². The Morgan fingerprint density at radius 1 is 1.22 bits per heavy atom. The van der Waals surface area contributed by atoms with Crippen molar-refractivity contribution in [3.05, 3.63) is 35.4 Å². The largest absolute Gasteiger partial charge is 0.313 e. The van der Waals surface area contributed by atoms with Crippen molar-refractivity contribution < 1.29 is 0 Å². The lowest BCUT2D eigenvalue weighted by atomic mass is 9.90. The van der Waals surface area contributed by atoms with Crippen LogP contribution in [0.1, 0.15) is 56.7 Å². The summed E-state index contributed by atoms with van der Waals surface area (Å²) in [4.78, 5) is 0. The molecule has 0 bridgehead atoms. The van der Waals surface area contributed by atoms with E-state index in [4.69, 9.17) is 0 Å². The van der Waals surface area contributed by atoms with Crippen LogP contribution >= 0.6 is 0 Å². The maximum Gasteiger partial charge on any atom is 0.0346 e. The van der Waals surface area contributed by atoms with Crippen LogP contribution in [0.3, 0.4) is 0 Å². The highest BCUT2D eigenvalue weighted by atomic mass is 14.9. The van der Waals surface area contributed by atoms with Gasteiger partial charge in [0.05, 0.1) is 0 Å². The first kappa shape index (κ1) is 13.6. The van der Waals surface area contributed by atoms with Gasteiger partial charge in [0.1, 0.15) is 0 Å². The van der Waals surface area contributed by atoms with Gasteiger partial charge in [0.2, 0.25) is 0 Å². The molecule has 1 fully saturated rings. The molecule has 18 heavy (non-hydrogen) atoms. The third-order valence-corrected chi connectivity index (χ3v) is 4.40. The second-order valence-electron chi connectivity index (χ2n) is 5.94. The van der Waals surface area contributed by atoms with Gasteiger partial charge in [0.25, 0.3) is 0 Å². The Hall–Kier alpha value is -0.820. The molecule has 1 nitrogen and oxygen atoms in total. The van der Waals surface area contributed by atoms with Gasteiger partial charge in [0.15, 0.2) is 0 Å². The molecule has 0 heterocycles. The van der Waals surface area contributed by atoms with E-state index in [0.29, 0.717) is 6.04 Å². The molecule has 1 aliphatic carbocycles. The lowest BCUT2D eigenvalue weighted by Crippen LogP contribution is -2.23. The zero-order valence-corrected chi connectivity index (χ0v) is 12.1. The molecule has 1 N–H and O–H groups in total. The zero-order chi connectivity index (χ0) is 13.0. The molecule has 0 radical (unpaired) electrons. The van der Waals surface area contributed by atoms with Crippen molar-refractivity contribution in [2.45, 2.75) is 52.0 Å². The molecule has 2 rings (SSSR count). The Morgan fingerprint density at radius 2 is 1.94 bits per heavy atom. The molecule has 0 aliphatic heterocycles. The second kappa shape index (κ2) is 6.38. The Balaban J connectivity index is 2.07. The second-order valence-corrected chi connectivity index (χ2v) is 5.94. The fourth-order valence-electron chi connectivity index (χ4n) is 3.41. The van der Waals surface area contributed by atoms with Crippen LogP contribution in [0.2, 0.25) is 0 Å². The number of hydrogen-bond donors (Lipinski definition) is 1. The van der Waals surface area contributed by atoms with Crippen LogP contribution in [0.25, 0.3) is 0 Å². The molecule has 3 unspecified atom stereocenters. The topological polar surface area (TPSA) is 12.0 Å². The average molecular weight is 245 g/mol. The van der Waals surface area contributed by atoms with Crippen LogP contribution in [0.15, 0.2) is 24.3 Å². The predicted molar refractivity (Wildman–Crippen MR) is 78.7 cm³/mol. The molecular formula is C17H27N. The molecule has 0 spiro atoms. The molecule has 100 valence electrons. The highest BCUT2D eigenvalue weighted by molar-refractivity contribution is 5.26. The third kappa shape index (κ3) is 3.14. The third-order valence-electron chi connectivity index (χ3n) is 4.40. The minimum Gasteiger partial charge on any atom is -0.313 e. The monoisotopic (exact) mass is 245 g/mol. The highest BCUT2D eigenvalue weighted by Crippen LogP contribution is 2.38. The van der Waals surface area contributed by atoms with Crippen LogP contribution in [0.5, 0.6) is 0 Å². The summed E-state index contributed by atoms with van der Waals surface area (Å²) in [5.41, 5.74) is 2.94. The van der Waals surface area contributed by atoms with Crippen molar-refractivity contribution >= 4 is 0 Å². The van der Waals surface area contributed by atoms with Gasteiger partial charge < -0.3 is 5.32 Å². The van der Waals surface area contributed by atoms with Crippen molar-refractivity contribution in [3.8, 4) is 0 Å². The van der Waals surface area contributed by atoms with Gasteiger partial charge >= 0.3 is 0 Å². The molecule has 1 aromatic rings. The lowest BCUT2D eigenvalue weighted by molar-refractivity contribution is 0.379. The Labute approximate surface area is 112 Å². The molecule has 0 amide bonds. The fourth-order valence-corrected chi connectivity index (χ4v) is 3.41. The van der Waals surface area contributed by atoms with Gasteiger partial charge in [0, 0.05) is 6.04 Å². The number of rotatable bonds is 5. The number of benzene rings is 1. The van der Waals surface area contributed by atoms with Crippen molar-refractivity contribution in [3.63, 3.8) is 0 Å². The van der Waals surface area contributed by atoms with Crippen molar-refractivity contribution in [2.24, 2.45) is 11.8 Å². The standard InChI is InChI=1S/C17H27N/c1-4-5-14-7-10-15(11-8-14)17(18-3)16-9-6-13(2)12-16/h7-8,10-11,13,16-18H,4-6,9,12H2,1-3H3. The van der Waals surface area contributed by atoms with Crippen LogP contribution in [0, 0.1) is 11.8 Å². The van der Waals surface area contributed by atoms with E-state index in [0.717, 1.165) is 11.8 Å². The van der Waals surface area contributed by atoms with Crippen molar-refractivity contribution in [1.82, 2.24) is 5.32 Å². The Bertz CT molecular complexity index is 354.